The van der Waals surface area contributed by atoms with Gasteiger partial charge in [0.15, 0.2) is 12.4 Å². The number of ketones is 1. The minimum absolute atomic E-state index is 0.0976. The summed E-state index contributed by atoms with van der Waals surface area (Å²) in [5.74, 6) is 0.479. The van der Waals surface area contributed by atoms with Crippen LogP contribution in [0.15, 0.2) is 42.5 Å². The van der Waals surface area contributed by atoms with E-state index in [1.54, 1.807) is 43.3 Å². The van der Waals surface area contributed by atoms with E-state index >= 15 is 0 Å². The molecule has 1 amide bonds. The smallest absolute Gasteiger partial charge is 0.262 e. The van der Waals surface area contributed by atoms with E-state index in [4.69, 9.17) is 21.1 Å². The van der Waals surface area contributed by atoms with Crippen LogP contribution in [0.25, 0.3) is 0 Å². The topological polar surface area (TPSA) is 64.6 Å². The van der Waals surface area contributed by atoms with Crippen LogP contribution < -0.4 is 14.8 Å². The molecule has 0 aliphatic rings. The lowest BCUT2D eigenvalue weighted by atomic mass is 10.1. The van der Waals surface area contributed by atoms with Gasteiger partial charge in [0.1, 0.15) is 11.5 Å². The minimum atomic E-state index is -0.350. The van der Waals surface area contributed by atoms with Gasteiger partial charge >= 0.3 is 0 Å². The van der Waals surface area contributed by atoms with Crippen molar-refractivity contribution in [2.45, 2.75) is 20.3 Å². The van der Waals surface area contributed by atoms with Crippen molar-refractivity contribution in [2.24, 2.45) is 0 Å². The molecule has 132 valence electrons. The van der Waals surface area contributed by atoms with Gasteiger partial charge in [-0.2, -0.15) is 0 Å². The van der Waals surface area contributed by atoms with Gasteiger partial charge in [0.25, 0.3) is 5.91 Å². The van der Waals surface area contributed by atoms with Crippen LogP contribution in [0.3, 0.4) is 0 Å². The fraction of sp³-hybridized carbons (Fsp3) is 0.263. The van der Waals surface area contributed by atoms with Crippen LogP contribution in [0.4, 0.5) is 5.69 Å². The molecule has 5 nitrogen and oxygen atoms in total. The molecule has 2 aromatic rings. The molecular formula is C19H20ClNO4. The molecule has 0 aliphatic carbocycles. The Morgan fingerprint density at radius 3 is 2.52 bits per heavy atom. The van der Waals surface area contributed by atoms with E-state index in [1.807, 2.05) is 13.0 Å². The SMILES string of the molecule is CCOc1ccccc1NC(=O)COc1ccc(Cl)cc1C(=O)CC. The van der Waals surface area contributed by atoms with Gasteiger partial charge in [-0.25, -0.2) is 0 Å². The van der Waals surface area contributed by atoms with Crippen LogP contribution in [-0.2, 0) is 4.79 Å². The molecule has 0 fully saturated rings. The van der Waals surface area contributed by atoms with Crippen molar-refractivity contribution in [1.82, 2.24) is 0 Å². The molecule has 0 radical (unpaired) electrons. The first-order valence-corrected chi connectivity index (χ1v) is 8.40. The first-order valence-electron chi connectivity index (χ1n) is 8.02. The van der Waals surface area contributed by atoms with Crippen molar-refractivity contribution < 1.29 is 19.1 Å². The lowest BCUT2D eigenvalue weighted by Gasteiger charge is -2.13. The van der Waals surface area contributed by atoms with Crippen molar-refractivity contribution in [1.29, 1.82) is 0 Å². The molecule has 0 bridgehead atoms. The maximum atomic E-state index is 12.2. The average molecular weight is 362 g/mol. The van der Waals surface area contributed by atoms with E-state index in [1.165, 1.54) is 0 Å². The van der Waals surface area contributed by atoms with Gasteiger partial charge in [-0.3, -0.25) is 9.59 Å². The summed E-state index contributed by atoms with van der Waals surface area (Å²) in [5.41, 5.74) is 0.941. The monoisotopic (exact) mass is 361 g/mol. The molecule has 6 heteroatoms. The number of ether oxygens (including phenoxy) is 2. The second kappa shape index (κ2) is 9.08. The zero-order chi connectivity index (χ0) is 18.2. The molecule has 2 rings (SSSR count). The van der Waals surface area contributed by atoms with Crippen molar-refractivity contribution >= 4 is 29.0 Å². The fourth-order valence-electron chi connectivity index (χ4n) is 2.22. The molecule has 0 aliphatic heterocycles. The summed E-state index contributed by atoms with van der Waals surface area (Å²) in [6, 6.07) is 11.9. The Morgan fingerprint density at radius 2 is 1.80 bits per heavy atom. The Kier molecular flexibility index (Phi) is 6.83. The maximum absolute atomic E-state index is 12.2. The van der Waals surface area contributed by atoms with Gasteiger partial charge in [-0.15, -0.1) is 0 Å². The lowest BCUT2D eigenvalue weighted by molar-refractivity contribution is -0.118. The Hall–Kier alpha value is -2.53. The van der Waals surface area contributed by atoms with E-state index in [2.05, 4.69) is 5.32 Å². The first-order chi connectivity index (χ1) is 12.0. The van der Waals surface area contributed by atoms with E-state index in [0.717, 1.165) is 0 Å². The van der Waals surface area contributed by atoms with Gasteiger partial charge in [0.2, 0.25) is 0 Å². The highest BCUT2D eigenvalue weighted by atomic mass is 35.5. The van der Waals surface area contributed by atoms with Gasteiger partial charge in [0.05, 0.1) is 17.9 Å². The molecule has 0 saturated carbocycles. The largest absolute Gasteiger partial charge is 0.492 e. The summed E-state index contributed by atoms with van der Waals surface area (Å²) in [7, 11) is 0. The number of hydrogen-bond donors (Lipinski definition) is 1. The number of carbonyl (C=O) groups is 2. The molecule has 0 spiro atoms. The third kappa shape index (κ3) is 5.22. The second-order valence-corrected chi connectivity index (χ2v) is 5.62. The number of Topliss-reactive ketones (excluding diaryl/α,β-unsaturated/α-hetero) is 1. The maximum Gasteiger partial charge on any atom is 0.262 e. The molecule has 0 atom stereocenters. The molecule has 0 saturated heterocycles. The Labute approximate surface area is 151 Å². The van der Waals surface area contributed by atoms with Gasteiger partial charge in [-0.1, -0.05) is 30.7 Å². The first kappa shape index (κ1) is 18.8. The highest BCUT2D eigenvalue weighted by Gasteiger charge is 2.14. The van der Waals surface area contributed by atoms with Crippen LogP contribution in [0.5, 0.6) is 11.5 Å². The molecule has 25 heavy (non-hydrogen) atoms. The Balaban J connectivity index is 2.05. The summed E-state index contributed by atoms with van der Waals surface area (Å²) in [5, 5.41) is 3.18. The number of benzene rings is 2. The van der Waals surface area contributed by atoms with E-state index in [-0.39, 0.29) is 18.3 Å². The predicted octanol–water partition coefficient (Wildman–Crippen LogP) is 4.35. The number of anilines is 1. The average Bonchev–Trinajstić information content (AvgIpc) is 2.61. The van der Waals surface area contributed by atoms with Crippen molar-refractivity contribution in [3.05, 3.63) is 53.1 Å². The zero-order valence-corrected chi connectivity index (χ0v) is 14.9. The third-order valence-electron chi connectivity index (χ3n) is 3.38. The number of hydrogen-bond acceptors (Lipinski definition) is 4. The van der Waals surface area contributed by atoms with Crippen molar-refractivity contribution in [2.75, 3.05) is 18.5 Å². The summed E-state index contributed by atoms with van der Waals surface area (Å²) in [6.07, 6.45) is 0.324. The molecule has 1 N–H and O–H groups in total. The molecule has 2 aromatic carbocycles. The fourth-order valence-corrected chi connectivity index (χ4v) is 2.39. The number of amides is 1. The number of para-hydroxylation sites is 2. The number of halogens is 1. The number of nitrogens with one attached hydrogen (secondary N) is 1. The predicted molar refractivity (Wildman–Crippen MR) is 97.8 cm³/mol. The van der Waals surface area contributed by atoms with Crippen molar-refractivity contribution in [3.63, 3.8) is 0 Å². The van der Waals surface area contributed by atoms with Gasteiger partial charge < -0.3 is 14.8 Å². The molecular weight excluding hydrogens is 342 g/mol. The molecule has 0 heterocycles. The standard InChI is InChI=1S/C19H20ClNO4/c1-3-16(22)14-11-13(20)9-10-17(14)25-12-19(23)21-15-7-5-6-8-18(15)24-4-2/h5-11H,3-4,12H2,1-2H3,(H,21,23). The normalized spacial score (nSPS) is 10.2. The van der Waals surface area contributed by atoms with Crippen LogP contribution in [0, 0.1) is 0 Å². The van der Waals surface area contributed by atoms with Gasteiger partial charge in [0, 0.05) is 11.4 Å². The number of rotatable bonds is 8. The number of carbonyl (C=O) groups excluding carboxylic acids is 2. The van der Waals surface area contributed by atoms with Gasteiger partial charge in [-0.05, 0) is 37.3 Å². The molecule has 0 aromatic heterocycles. The summed E-state index contributed by atoms with van der Waals surface area (Å²) >= 11 is 5.93. The van der Waals surface area contributed by atoms with E-state index < -0.39 is 0 Å². The third-order valence-corrected chi connectivity index (χ3v) is 3.62. The Morgan fingerprint density at radius 1 is 1.04 bits per heavy atom. The highest BCUT2D eigenvalue weighted by Crippen LogP contribution is 2.25. The summed E-state index contributed by atoms with van der Waals surface area (Å²) in [4.78, 5) is 24.1. The second-order valence-electron chi connectivity index (χ2n) is 5.18. The van der Waals surface area contributed by atoms with Crippen molar-refractivity contribution in [3.8, 4) is 11.5 Å². The van der Waals surface area contributed by atoms with Crippen LogP contribution in [-0.4, -0.2) is 24.9 Å². The van der Waals surface area contributed by atoms with Crippen LogP contribution >= 0.6 is 11.6 Å². The Bertz CT molecular complexity index is 761. The quantitative estimate of drug-likeness (QED) is 0.710. The highest BCUT2D eigenvalue weighted by molar-refractivity contribution is 6.31. The minimum Gasteiger partial charge on any atom is -0.492 e. The van der Waals surface area contributed by atoms with E-state index in [9.17, 15) is 9.59 Å². The summed E-state index contributed by atoms with van der Waals surface area (Å²) < 4.78 is 11.0. The molecule has 0 unspecified atom stereocenters. The van der Waals surface area contributed by atoms with Crippen LogP contribution in [0.1, 0.15) is 30.6 Å². The summed E-state index contributed by atoms with van der Waals surface area (Å²) in [6.45, 7) is 3.89. The van der Waals surface area contributed by atoms with Crippen LogP contribution in [0.2, 0.25) is 5.02 Å². The zero-order valence-electron chi connectivity index (χ0n) is 14.2. The lowest BCUT2D eigenvalue weighted by Crippen LogP contribution is -2.21. The van der Waals surface area contributed by atoms with E-state index in [0.29, 0.717) is 40.8 Å².